The van der Waals surface area contributed by atoms with Gasteiger partial charge in [0.1, 0.15) is 11.7 Å². The van der Waals surface area contributed by atoms with Crippen molar-refractivity contribution in [3.05, 3.63) is 54.5 Å². The lowest BCUT2D eigenvalue weighted by Gasteiger charge is -2.31. The third-order valence-electron chi connectivity index (χ3n) is 6.46. The fourth-order valence-corrected chi connectivity index (χ4v) is 4.72. The number of aromatic nitrogens is 2. The molecular formula is C27H31N5O2. The Morgan fingerprint density at radius 3 is 2.74 bits per heavy atom. The normalized spacial score (nSPS) is 18.9. The van der Waals surface area contributed by atoms with Gasteiger partial charge in [-0.25, -0.2) is 0 Å². The number of nitrogens with one attached hydrogen (secondary N) is 3. The van der Waals surface area contributed by atoms with Crippen LogP contribution >= 0.6 is 0 Å². The standard InChI is InChI=1S/C27H31N5O2/c1-17(2)12-21(15-28)30-26(33)22-7-3-4-8-23(22)32-27(34)25-14-19-10-9-18(13-24(19)31-25)20-6-5-11-29-16-20/h5-6,9-11,13-14,16-17,21-23,31H,3-4,7-8,12H2,1-2H3,(H,30,33)(H,32,34)/t21-,22+,23-/m0/s1. The molecule has 176 valence electrons. The number of pyridine rings is 1. The number of H-pyrrole nitrogens is 1. The van der Waals surface area contributed by atoms with E-state index in [1.165, 1.54) is 0 Å². The highest BCUT2D eigenvalue weighted by Gasteiger charge is 2.33. The molecule has 7 nitrogen and oxygen atoms in total. The number of carbonyl (C=O) groups is 2. The second-order valence-electron chi connectivity index (χ2n) is 9.52. The van der Waals surface area contributed by atoms with Gasteiger partial charge in [0.05, 0.1) is 12.0 Å². The molecule has 1 aliphatic carbocycles. The van der Waals surface area contributed by atoms with Gasteiger partial charge in [-0.1, -0.05) is 44.9 Å². The summed E-state index contributed by atoms with van der Waals surface area (Å²) < 4.78 is 0. The van der Waals surface area contributed by atoms with Crippen LogP contribution < -0.4 is 10.6 Å². The molecular weight excluding hydrogens is 426 g/mol. The van der Waals surface area contributed by atoms with E-state index in [-0.39, 0.29) is 23.8 Å². The molecule has 0 bridgehead atoms. The van der Waals surface area contributed by atoms with Crippen LogP contribution in [0.4, 0.5) is 0 Å². The van der Waals surface area contributed by atoms with Gasteiger partial charge in [-0.05, 0) is 48.9 Å². The van der Waals surface area contributed by atoms with Crippen molar-refractivity contribution in [2.45, 2.75) is 58.0 Å². The van der Waals surface area contributed by atoms with E-state index in [1.54, 1.807) is 6.20 Å². The number of benzene rings is 1. The van der Waals surface area contributed by atoms with Gasteiger partial charge in [0.2, 0.25) is 5.91 Å². The fraction of sp³-hybridized carbons (Fsp3) is 0.407. The van der Waals surface area contributed by atoms with Crippen LogP contribution in [0.15, 0.2) is 48.8 Å². The Labute approximate surface area is 200 Å². The van der Waals surface area contributed by atoms with Crippen molar-refractivity contribution >= 4 is 22.7 Å². The summed E-state index contributed by atoms with van der Waals surface area (Å²) in [5.74, 6) is -0.382. The minimum absolute atomic E-state index is 0.144. The number of aromatic amines is 1. The highest BCUT2D eigenvalue weighted by Crippen LogP contribution is 2.27. The lowest BCUT2D eigenvalue weighted by atomic mass is 9.83. The first-order chi connectivity index (χ1) is 16.4. The molecule has 1 aliphatic rings. The van der Waals surface area contributed by atoms with Crippen LogP contribution in [-0.4, -0.2) is 33.9 Å². The van der Waals surface area contributed by atoms with E-state index < -0.39 is 6.04 Å². The third kappa shape index (κ3) is 5.45. The van der Waals surface area contributed by atoms with Crippen LogP contribution in [0, 0.1) is 23.2 Å². The van der Waals surface area contributed by atoms with Gasteiger partial charge in [-0.3, -0.25) is 14.6 Å². The number of nitrogens with zero attached hydrogens (tertiary/aromatic N) is 2. The summed E-state index contributed by atoms with van der Waals surface area (Å²) in [5, 5.41) is 16.3. The topological polar surface area (TPSA) is 111 Å². The minimum atomic E-state index is -0.506. The second kappa shape index (κ2) is 10.5. The number of amides is 2. The number of carbonyl (C=O) groups excluding carboxylic acids is 2. The molecule has 3 atom stereocenters. The van der Waals surface area contributed by atoms with Gasteiger partial charge in [0.25, 0.3) is 5.91 Å². The van der Waals surface area contributed by atoms with E-state index in [9.17, 15) is 14.9 Å². The summed E-state index contributed by atoms with van der Waals surface area (Å²) in [6, 6.07) is 13.2. The molecule has 0 saturated heterocycles. The largest absolute Gasteiger partial charge is 0.351 e. The number of hydrogen-bond acceptors (Lipinski definition) is 4. The monoisotopic (exact) mass is 457 g/mol. The summed E-state index contributed by atoms with van der Waals surface area (Å²) in [4.78, 5) is 33.5. The highest BCUT2D eigenvalue weighted by molar-refractivity contribution is 5.99. The summed E-state index contributed by atoms with van der Waals surface area (Å²) >= 11 is 0. The van der Waals surface area contributed by atoms with Crippen molar-refractivity contribution in [2.24, 2.45) is 11.8 Å². The average Bonchev–Trinajstić information content (AvgIpc) is 3.28. The van der Waals surface area contributed by atoms with Crippen LogP contribution in [0.1, 0.15) is 56.4 Å². The maximum Gasteiger partial charge on any atom is 0.267 e. The van der Waals surface area contributed by atoms with Gasteiger partial charge in [0.15, 0.2) is 0 Å². The molecule has 0 unspecified atom stereocenters. The molecule has 3 N–H and O–H groups in total. The molecule has 2 aromatic heterocycles. The molecule has 0 aliphatic heterocycles. The molecule has 0 radical (unpaired) electrons. The van der Waals surface area contributed by atoms with Crippen molar-refractivity contribution in [3.8, 4) is 17.2 Å². The van der Waals surface area contributed by atoms with E-state index in [0.29, 0.717) is 24.5 Å². The summed E-state index contributed by atoms with van der Waals surface area (Å²) in [5.41, 5.74) is 3.37. The van der Waals surface area contributed by atoms with E-state index in [4.69, 9.17) is 0 Å². The van der Waals surface area contributed by atoms with Crippen molar-refractivity contribution in [2.75, 3.05) is 0 Å². The molecule has 2 heterocycles. The first-order valence-corrected chi connectivity index (χ1v) is 12.0. The molecule has 34 heavy (non-hydrogen) atoms. The van der Waals surface area contributed by atoms with Crippen molar-refractivity contribution in [1.82, 2.24) is 20.6 Å². The second-order valence-corrected chi connectivity index (χ2v) is 9.52. The van der Waals surface area contributed by atoms with Gasteiger partial charge in [-0.2, -0.15) is 5.26 Å². The van der Waals surface area contributed by atoms with E-state index in [1.807, 2.05) is 56.4 Å². The summed E-state index contributed by atoms with van der Waals surface area (Å²) in [6.07, 6.45) is 7.52. The van der Waals surface area contributed by atoms with E-state index in [2.05, 4.69) is 26.7 Å². The van der Waals surface area contributed by atoms with Gasteiger partial charge < -0.3 is 15.6 Å². The fourth-order valence-electron chi connectivity index (χ4n) is 4.72. The van der Waals surface area contributed by atoms with Gasteiger partial charge in [0, 0.05) is 34.9 Å². The van der Waals surface area contributed by atoms with Gasteiger partial charge in [-0.15, -0.1) is 0 Å². The molecule has 3 aromatic rings. The Bertz CT molecular complexity index is 1190. The molecule has 2 amide bonds. The predicted molar refractivity (Wildman–Crippen MR) is 132 cm³/mol. The Balaban J connectivity index is 1.47. The number of hydrogen-bond donors (Lipinski definition) is 3. The average molecular weight is 458 g/mol. The minimum Gasteiger partial charge on any atom is -0.351 e. The first-order valence-electron chi connectivity index (χ1n) is 12.0. The predicted octanol–water partition coefficient (Wildman–Crippen LogP) is 4.57. The summed E-state index contributed by atoms with van der Waals surface area (Å²) in [7, 11) is 0. The smallest absolute Gasteiger partial charge is 0.267 e. The maximum atomic E-state index is 13.1. The SMILES string of the molecule is CC(C)C[C@@H](C#N)NC(=O)[C@@H]1CCCC[C@@H]1NC(=O)c1cc2ccc(-c3cccnc3)cc2[nH]1. The maximum absolute atomic E-state index is 13.1. The quantitative estimate of drug-likeness (QED) is 0.482. The Hall–Kier alpha value is -3.66. The van der Waals surface area contributed by atoms with Crippen LogP contribution in [0.2, 0.25) is 0 Å². The molecule has 0 spiro atoms. The molecule has 7 heteroatoms. The van der Waals surface area contributed by atoms with Crippen LogP contribution in [0.25, 0.3) is 22.0 Å². The van der Waals surface area contributed by atoms with Crippen LogP contribution in [0.5, 0.6) is 0 Å². The zero-order chi connectivity index (χ0) is 24.1. The van der Waals surface area contributed by atoms with Gasteiger partial charge >= 0.3 is 0 Å². The number of nitriles is 1. The number of fused-ring (bicyclic) bond motifs is 1. The van der Waals surface area contributed by atoms with E-state index >= 15 is 0 Å². The van der Waals surface area contributed by atoms with E-state index in [0.717, 1.165) is 41.3 Å². The third-order valence-corrected chi connectivity index (χ3v) is 6.46. The molecule has 1 fully saturated rings. The Morgan fingerprint density at radius 2 is 2.00 bits per heavy atom. The number of rotatable bonds is 7. The van der Waals surface area contributed by atoms with Crippen molar-refractivity contribution in [1.29, 1.82) is 5.26 Å². The Morgan fingerprint density at radius 1 is 1.18 bits per heavy atom. The summed E-state index contributed by atoms with van der Waals surface area (Å²) in [6.45, 7) is 4.06. The highest BCUT2D eigenvalue weighted by atomic mass is 16.2. The Kier molecular flexibility index (Phi) is 7.27. The van der Waals surface area contributed by atoms with Crippen molar-refractivity contribution in [3.63, 3.8) is 0 Å². The lowest BCUT2D eigenvalue weighted by Crippen LogP contribution is -2.50. The van der Waals surface area contributed by atoms with Crippen LogP contribution in [-0.2, 0) is 4.79 Å². The lowest BCUT2D eigenvalue weighted by molar-refractivity contribution is -0.127. The molecule has 1 aromatic carbocycles. The zero-order valence-corrected chi connectivity index (χ0v) is 19.7. The zero-order valence-electron chi connectivity index (χ0n) is 19.7. The molecule has 1 saturated carbocycles. The molecule has 4 rings (SSSR count). The van der Waals surface area contributed by atoms with Crippen molar-refractivity contribution < 1.29 is 9.59 Å². The van der Waals surface area contributed by atoms with Crippen LogP contribution in [0.3, 0.4) is 0 Å². The first kappa shape index (κ1) is 23.5.